The standard InChI is InChI=1S/C22H36O5/c1-12(11-23)13-6-7-21(2)8-9-22(3)14(17(13)21)10-15(25-4)16-18(26-5)19(22)27-20(16)24/h12,14-16,18-20,23-24H,6-11H2,1-5H3/t12-,14-,15-,16+,18+,19+,20+,21-,22-/m1/s1. The quantitative estimate of drug-likeness (QED) is 0.734. The molecule has 2 bridgehead atoms. The van der Waals surface area contributed by atoms with Crippen molar-refractivity contribution in [1.82, 2.24) is 0 Å². The maximum absolute atomic E-state index is 10.6. The van der Waals surface area contributed by atoms with Crippen LogP contribution in [-0.4, -0.2) is 55.6 Å². The highest BCUT2D eigenvalue weighted by molar-refractivity contribution is 5.36. The van der Waals surface area contributed by atoms with E-state index in [4.69, 9.17) is 14.2 Å². The van der Waals surface area contributed by atoms with Crippen LogP contribution in [0.3, 0.4) is 0 Å². The Balaban J connectivity index is 1.84. The van der Waals surface area contributed by atoms with Gasteiger partial charge in [0.1, 0.15) is 0 Å². The average Bonchev–Trinajstić information content (AvgIpc) is 3.15. The van der Waals surface area contributed by atoms with Crippen LogP contribution in [0.5, 0.6) is 0 Å². The van der Waals surface area contributed by atoms with Crippen molar-refractivity contribution in [2.45, 2.75) is 77.5 Å². The second-order valence-corrected chi connectivity index (χ2v) is 9.88. The van der Waals surface area contributed by atoms with Crippen LogP contribution in [0.2, 0.25) is 0 Å². The summed E-state index contributed by atoms with van der Waals surface area (Å²) in [7, 11) is 3.46. The molecular formula is C22H36O5. The van der Waals surface area contributed by atoms with E-state index >= 15 is 0 Å². The highest BCUT2D eigenvalue weighted by Crippen LogP contribution is 2.65. The van der Waals surface area contributed by atoms with Gasteiger partial charge in [-0.25, -0.2) is 0 Å². The van der Waals surface area contributed by atoms with E-state index in [1.165, 1.54) is 12.0 Å². The first kappa shape index (κ1) is 19.8. The molecule has 27 heavy (non-hydrogen) atoms. The van der Waals surface area contributed by atoms with Gasteiger partial charge in [0.15, 0.2) is 6.29 Å². The maximum Gasteiger partial charge on any atom is 0.162 e. The largest absolute Gasteiger partial charge is 0.396 e. The number of rotatable bonds is 4. The highest BCUT2D eigenvalue weighted by Gasteiger charge is 2.64. The normalized spacial score (nSPS) is 50.3. The van der Waals surface area contributed by atoms with Crippen LogP contribution in [0.25, 0.3) is 0 Å². The Bertz CT molecular complexity index is 618. The average molecular weight is 381 g/mol. The number of methoxy groups -OCH3 is 2. The zero-order valence-corrected chi connectivity index (χ0v) is 17.4. The summed E-state index contributed by atoms with van der Waals surface area (Å²) in [6, 6.07) is 0. The SMILES string of the molecule is CO[C@H]1[C@H]2[C@@H](O)O[C@@H]1[C@]1(C)CC[C@@]3(C)CCC([C@H](C)CO)=C3[C@H]1C[C@H]2OC. The van der Waals surface area contributed by atoms with Crippen molar-refractivity contribution in [3.8, 4) is 0 Å². The van der Waals surface area contributed by atoms with Crippen molar-refractivity contribution in [2.24, 2.45) is 28.6 Å². The van der Waals surface area contributed by atoms with Crippen LogP contribution in [-0.2, 0) is 14.2 Å². The Morgan fingerprint density at radius 3 is 2.56 bits per heavy atom. The van der Waals surface area contributed by atoms with Crippen LogP contribution in [0.15, 0.2) is 11.1 Å². The van der Waals surface area contributed by atoms with Crippen LogP contribution >= 0.6 is 0 Å². The predicted molar refractivity (Wildman–Crippen MR) is 102 cm³/mol. The first-order valence-electron chi connectivity index (χ1n) is 10.5. The van der Waals surface area contributed by atoms with Crippen LogP contribution < -0.4 is 0 Å². The van der Waals surface area contributed by atoms with E-state index in [9.17, 15) is 10.2 Å². The molecule has 5 nitrogen and oxygen atoms in total. The summed E-state index contributed by atoms with van der Waals surface area (Å²) in [5.74, 6) is 0.391. The van der Waals surface area contributed by atoms with E-state index in [2.05, 4.69) is 20.8 Å². The summed E-state index contributed by atoms with van der Waals surface area (Å²) in [6.45, 7) is 7.09. The molecule has 0 spiro atoms. The lowest BCUT2D eigenvalue weighted by molar-refractivity contribution is -0.180. The van der Waals surface area contributed by atoms with E-state index in [1.807, 2.05) is 0 Å². The van der Waals surface area contributed by atoms with E-state index < -0.39 is 6.29 Å². The number of hydrogen-bond donors (Lipinski definition) is 2. The summed E-state index contributed by atoms with van der Waals surface area (Å²) in [4.78, 5) is 0. The van der Waals surface area contributed by atoms with Gasteiger partial charge in [-0.05, 0) is 43.4 Å². The molecule has 2 N–H and O–H groups in total. The summed E-state index contributed by atoms with van der Waals surface area (Å²) < 4.78 is 18.0. The second-order valence-electron chi connectivity index (χ2n) is 9.88. The smallest absolute Gasteiger partial charge is 0.162 e. The van der Waals surface area contributed by atoms with Gasteiger partial charge in [-0.1, -0.05) is 31.9 Å². The van der Waals surface area contributed by atoms with Gasteiger partial charge in [-0.2, -0.15) is 0 Å². The molecule has 0 unspecified atom stereocenters. The second kappa shape index (κ2) is 6.81. The molecule has 2 saturated carbocycles. The Labute approximate surface area is 163 Å². The van der Waals surface area contributed by atoms with E-state index in [-0.39, 0.29) is 47.6 Å². The van der Waals surface area contributed by atoms with Crippen molar-refractivity contribution < 1.29 is 24.4 Å². The molecule has 1 heterocycles. The summed E-state index contributed by atoms with van der Waals surface area (Å²) in [6.07, 6.45) is 4.15. The van der Waals surface area contributed by atoms with Gasteiger partial charge < -0.3 is 24.4 Å². The number of ether oxygens (including phenoxy) is 3. The van der Waals surface area contributed by atoms with Gasteiger partial charge in [-0.3, -0.25) is 0 Å². The van der Waals surface area contributed by atoms with Crippen LogP contribution in [0.4, 0.5) is 0 Å². The maximum atomic E-state index is 10.6. The monoisotopic (exact) mass is 380 g/mol. The highest BCUT2D eigenvalue weighted by atomic mass is 16.6. The number of allylic oxidation sites excluding steroid dienone is 1. The zero-order valence-electron chi connectivity index (χ0n) is 17.4. The third-order valence-electron chi connectivity index (χ3n) is 8.59. The van der Waals surface area contributed by atoms with Gasteiger partial charge in [0.25, 0.3) is 0 Å². The fourth-order valence-electron chi connectivity index (χ4n) is 6.90. The molecule has 9 atom stereocenters. The molecule has 3 fully saturated rings. The van der Waals surface area contributed by atoms with Gasteiger partial charge in [-0.15, -0.1) is 0 Å². The van der Waals surface area contributed by atoms with Crippen molar-refractivity contribution in [3.05, 3.63) is 11.1 Å². The number of aliphatic hydroxyl groups is 2. The van der Waals surface area contributed by atoms with Crippen LogP contribution in [0.1, 0.15) is 52.9 Å². The molecule has 0 radical (unpaired) electrons. The van der Waals surface area contributed by atoms with E-state index in [0.717, 1.165) is 25.7 Å². The fourth-order valence-corrected chi connectivity index (χ4v) is 6.90. The lowest BCUT2D eigenvalue weighted by Gasteiger charge is -2.53. The van der Waals surface area contributed by atoms with E-state index in [0.29, 0.717) is 5.92 Å². The third kappa shape index (κ3) is 2.69. The van der Waals surface area contributed by atoms with E-state index in [1.54, 1.807) is 19.8 Å². The molecule has 4 rings (SSSR count). The predicted octanol–water partition coefficient (Wildman–Crippen LogP) is 2.89. The van der Waals surface area contributed by atoms with Gasteiger partial charge >= 0.3 is 0 Å². The zero-order chi connectivity index (χ0) is 19.6. The van der Waals surface area contributed by atoms with Gasteiger partial charge in [0.05, 0.1) is 24.2 Å². The Morgan fingerprint density at radius 1 is 1.19 bits per heavy atom. The fraction of sp³-hybridized carbons (Fsp3) is 0.909. The minimum Gasteiger partial charge on any atom is -0.396 e. The van der Waals surface area contributed by atoms with Gasteiger partial charge in [0.2, 0.25) is 0 Å². The number of aliphatic hydroxyl groups excluding tert-OH is 2. The first-order valence-corrected chi connectivity index (χ1v) is 10.5. The lowest BCUT2D eigenvalue weighted by atomic mass is 9.54. The summed E-state index contributed by atoms with van der Waals surface area (Å²) in [5.41, 5.74) is 3.13. The molecule has 0 amide bonds. The molecular weight excluding hydrogens is 344 g/mol. The van der Waals surface area contributed by atoms with Crippen molar-refractivity contribution in [1.29, 1.82) is 0 Å². The number of fused-ring (bicyclic) bond motifs is 6. The molecule has 0 aromatic carbocycles. The minimum atomic E-state index is -0.829. The molecule has 4 aliphatic rings. The van der Waals surface area contributed by atoms with Crippen molar-refractivity contribution in [3.63, 3.8) is 0 Å². The summed E-state index contributed by atoms with van der Waals surface area (Å²) in [5, 5.41) is 20.5. The van der Waals surface area contributed by atoms with Gasteiger partial charge in [0, 0.05) is 32.2 Å². The third-order valence-corrected chi connectivity index (χ3v) is 8.59. The van der Waals surface area contributed by atoms with Crippen molar-refractivity contribution in [2.75, 3.05) is 20.8 Å². The Morgan fingerprint density at radius 2 is 1.93 bits per heavy atom. The topological polar surface area (TPSA) is 68.2 Å². The first-order chi connectivity index (χ1) is 12.8. The molecule has 154 valence electrons. The van der Waals surface area contributed by atoms with Crippen molar-refractivity contribution >= 4 is 0 Å². The summed E-state index contributed by atoms with van der Waals surface area (Å²) >= 11 is 0. The lowest BCUT2D eigenvalue weighted by Crippen LogP contribution is -2.50. The number of hydrogen-bond acceptors (Lipinski definition) is 5. The minimum absolute atomic E-state index is 0.0940. The molecule has 0 aromatic rings. The molecule has 0 aromatic heterocycles. The molecule has 1 saturated heterocycles. The van der Waals surface area contributed by atoms with Crippen LogP contribution in [0, 0.1) is 28.6 Å². The Kier molecular flexibility index (Phi) is 5.00. The molecule has 1 aliphatic heterocycles. The molecule has 3 aliphatic carbocycles. The molecule has 5 heteroatoms. The Hall–Kier alpha value is -0.460.